The summed E-state index contributed by atoms with van der Waals surface area (Å²) in [5, 5.41) is 3.05. The van der Waals surface area contributed by atoms with E-state index in [1.807, 2.05) is 45.0 Å². The molecule has 0 spiro atoms. The standard InChI is InChI=1S/C29H32BrCl2N3O4S/c1-5-20(3)33-29(37)21(4)34(17-22-8-6-9-23(30)16-22)27(36)18-35(26-11-7-10-25(31)28(26)32)40(38,39)24-14-12-19(2)13-15-24/h6-16,20-21H,5,17-18H2,1-4H3,(H,33,37)/t20-,21-/m1/s1. The van der Waals surface area contributed by atoms with Crippen LogP contribution in [0.25, 0.3) is 0 Å². The molecule has 0 unspecified atom stereocenters. The summed E-state index contributed by atoms with van der Waals surface area (Å²) in [5.74, 6) is -0.926. The van der Waals surface area contributed by atoms with Gasteiger partial charge in [0, 0.05) is 17.1 Å². The number of carbonyl (C=O) groups excluding carboxylic acids is 2. The zero-order valence-corrected chi connectivity index (χ0v) is 26.6. The number of benzene rings is 3. The zero-order chi connectivity index (χ0) is 29.6. The second kappa shape index (κ2) is 13.9. The second-order valence-electron chi connectivity index (χ2n) is 9.54. The first-order chi connectivity index (χ1) is 18.8. The van der Waals surface area contributed by atoms with Gasteiger partial charge in [0.2, 0.25) is 11.8 Å². The molecule has 0 aliphatic rings. The minimum atomic E-state index is -4.25. The van der Waals surface area contributed by atoms with Crippen LogP contribution in [0.4, 0.5) is 5.69 Å². The molecule has 7 nitrogen and oxygen atoms in total. The lowest BCUT2D eigenvalue weighted by atomic mass is 10.1. The van der Waals surface area contributed by atoms with Crippen LogP contribution in [0.1, 0.15) is 38.3 Å². The fourth-order valence-corrected chi connectivity index (χ4v) is 6.24. The molecule has 0 fully saturated rings. The van der Waals surface area contributed by atoms with Gasteiger partial charge in [0.05, 0.1) is 20.6 Å². The number of anilines is 1. The Labute approximate surface area is 254 Å². The van der Waals surface area contributed by atoms with Crippen LogP contribution in [-0.4, -0.2) is 43.8 Å². The number of amides is 2. The van der Waals surface area contributed by atoms with E-state index in [1.54, 1.807) is 25.1 Å². The number of rotatable bonds is 11. The topological polar surface area (TPSA) is 86.8 Å². The summed E-state index contributed by atoms with van der Waals surface area (Å²) in [6, 6.07) is 17.3. The van der Waals surface area contributed by atoms with E-state index < -0.39 is 28.5 Å². The van der Waals surface area contributed by atoms with Crippen molar-refractivity contribution in [2.24, 2.45) is 0 Å². The minimum Gasteiger partial charge on any atom is -0.352 e. The molecule has 0 bridgehead atoms. The highest BCUT2D eigenvalue weighted by Gasteiger charge is 2.34. The van der Waals surface area contributed by atoms with Crippen LogP contribution in [0, 0.1) is 6.92 Å². The molecule has 3 rings (SSSR count). The van der Waals surface area contributed by atoms with E-state index in [-0.39, 0.29) is 39.1 Å². The smallest absolute Gasteiger partial charge is 0.264 e. The summed E-state index contributed by atoms with van der Waals surface area (Å²) in [5.41, 5.74) is 1.70. The molecule has 2 atom stereocenters. The molecule has 11 heteroatoms. The monoisotopic (exact) mass is 667 g/mol. The van der Waals surface area contributed by atoms with Gasteiger partial charge in [-0.25, -0.2) is 8.42 Å². The quantitative estimate of drug-likeness (QED) is 0.250. The van der Waals surface area contributed by atoms with Crippen molar-refractivity contribution in [3.8, 4) is 0 Å². The van der Waals surface area contributed by atoms with E-state index in [0.29, 0.717) is 6.42 Å². The van der Waals surface area contributed by atoms with Gasteiger partial charge in [-0.1, -0.05) is 82.0 Å². The number of sulfonamides is 1. The number of carbonyl (C=O) groups is 2. The first kappa shape index (κ1) is 31.9. The SMILES string of the molecule is CC[C@@H](C)NC(=O)[C@@H](C)N(Cc1cccc(Br)c1)C(=O)CN(c1cccc(Cl)c1Cl)S(=O)(=O)c1ccc(C)cc1. The molecule has 0 aliphatic carbocycles. The van der Waals surface area contributed by atoms with Crippen molar-refractivity contribution in [1.82, 2.24) is 10.2 Å². The Bertz CT molecular complexity index is 1470. The lowest BCUT2D eigenvalue weighted by Crippen LogP contribution is -2.52. The zero-order valence-electron chi connectivity index (χ0n) is 22.7. The summed E-state index contributed by atoms with van der Waals surface area (Å²) < 4.78 is 29.6. The minimum absolute atomic E-state index is 0.00578. The van der Waals surface area contributed by atoms with Gasteiger partial charge < -0.3 is 10.2 Å². The number of hydrogen-bond donors (Lipinski definition) is 1. The molecular weight excluding hydrogens is 637 g/mol. The van der Waals surface area contributed by atoms with E-state index in [2.05, 4.69) is 21.2 Å². The lowest BCUT2D eigenvalue weighted by Gasteiger charge is -2.32. The van der Waals surface area contributed by atoms with E-state index in [4.69, 9.17) is 23.2 Å². The third-order valence-corrected chi connectivity index (χ3v) is 9.57. The van der Waals surface area contributed by atoms with E-state index >= 15 is 0 Å². The molecule has 3 aromatic carbocycles. The molecule has 3 aromatic rings. The normalized spacial score (nSPS) is 12.9. The molecule has 1 N–H and O–H groups in total. The Morgan fingerprint density at radius 2 is 1.65 bits per heavy atom. The Hall–Kier alpha value is -2.59. The Morgan fingerprint density at radius 1 is 1.00 bits per heavy atom. The maximum absolute atomic E-state index is 14.0. The average molecular weight is 669 g/mol. The van der Waals surface area contributed by atoms with E-state index in [9.17, 15) is 18.0 Å². The second-order valence-corrected chi connectivity index (χ2v) is 13.1. The molecular formula is C29H32BrCl2N3O4S. The third kappa shape index (κ3) is 7.78. The molecule has 0 saturated heterocycles. The average Bonchev–Trinajstić information content (AvgIpc) is 2.91. The molecule has 2 amide bonds. The largest absolute Gasteiger partial charge is 0.352 e. The maximum Gasteiger partial charge on any atom is 0.264 e. The highest BCUT2D eigenvalue weighted by molar-refractivity contribution is 9.10. The molecule has 214 valence electrons. The van der Waals surface area contributed by atoms with Crippen molar-refractivity contribution in [1.29, 1.82) is 0 Å². The van der Waals surface area contributed by atoms with E-state index in [0.717, 1.165) is 19.9 Å². The van der Waals surface area contributed by atoms with Gasteiger partial charge >= 0.3 is 0 Å². The number of aryl methyl sites for hydroxylation is 1. The number of hydrogen-bond acceptors (Lipinski definition) is 4. The summed E-state index contributed by atoms with van der Waals surface area (Å²) in [4.78, 5) is 28.5. The van der Waals surface area contributed by atoms with Gasteiger partial charge in [-0.2, -0.15) is 0 Å². The highest BCUT2D eigenvalue weighted by Crippen LogP contribution is 2.35. The Morgan fingerprint density at radius 3 is 2.27 bits per heavy atom. The predicted molar refractivity (Wildman–Crippen MR) is 164 cm³/mol. The number of nitrogens with one attached hydrogen (secondary N) is 1. The predicted octanol–water partition coefficient (Wildman–Crippen LogP) is 6.59. The first-order valence-corrected chi connectivity index (χ1v) is 15.7. The molecule has 0 saturated carbocycles. The summed E-state index contributed by atoms with van der Waals surface area (Å²) in [6.07, 6.45) is 0.716. The molecule has 0 heterocycles. The Balaban J connectivity index is 2.07. The van der Waals surface area contributed by atoms with Crippen LogP contribution in [-0.2, 0) is 26.2 Å². The number of halogens is 3. The highest BCUT2D eigenvalue weighted by atomic mass is 79.9. The van der Waals surface area contributed by atoms with Crippen molar-refractivity contribution in [2.75, 3.05) is 10.8 Å². The van der Waals surface area contributed by atoms with Crippen molar-refractivity contribution in [3.63, 3.8) is 0 Å². The van der Waals surface area contributed by atoms with Crippen molar-refractivity contribution in [2.45, 2.75) is 57.6 Å². The van der Waals surface area contributed by atoms with Crippen LogP contribution in [0.2, 0.25) is 10.0 Å². The van der Waals surface area contributed by atoms with Crippen molar-refractivity contribution >= 4 is 66.7 Å². The fourth-order valence-electron chi connectivity index (χ4n) is 3.92. The molecule has 0 aliphatic heterocycles. The summed E-state index contributed by atoms with van der Waals surface area (Å²) in [6.45, 7) is 6.76. The molecule has 0 aromatic heterocycles. The summed E-state index contributed by atoms with van der Waals surface area (Å²) >= 11 is 16.2. The molecule has 40 heavy (non-hydrogen) atoms. The number of nitrogens with zero attached hydrogens (tertiary/aromatic N) is 2. The first-order valence-electron chi connectivity index (χ1n) is 12.7. The van der Waals surface area contributed by atoms with Crippen LogP contribution >= 0.6 is 39.1 Å². The summed E-state index contributed by atoms with van der Waals surface area (Å²) in [7, 11) is -4.25. The van der Waals surface area contributed by atoms with Crippen LogP contribution in [0.15, 0.2) is 76.1 Å². The van der Waals surface area contributed by atoms with Crippen LogP contribution in [0.5, 0.6) is 0 Å². The Kier molecular flexibility index (Phi) is 11.1. The van der Waals surface area contributed by atoms with Crippen molar-refractivity contribution < 1.29 is 18.0 Å². The fraction of sp³-hybridized carbons (Fsp3) is 0.310. The van der Waals surface area contributed by atoms with Crippen LogP contribution < -0.4 is 9.62 Å². The van der Waals surface area contributed by atoms with Crippen molar-refractivity contribution in [3.05, 3.63) is 92.4 Å². The van der Waals surface area contributed by atoms with Gasteiger partial charge in [-0.3, -0.25) is 13.9 Å². The van der Waals surface area contributed by atoms with Gasteiger partial charge in [0.15, 0.2) is 0 Å². The van der Waals surface area contributed by atoms with Gasteiger partial charge in [-0.15, -0.1) is 0 Å². The lowest BCUT2D eigenvalue weighted by molar-refractivity contribution is -0.139. The molecule has 0 radical (unpaired) electrons. The third-order valence-electron chi connectivity index (χ3n) is 6.50. The van der Waals surface area contributed by atoms with Gasteiger partial charge in [0.1, 0.15) is 12.6 Å². The van der Waals surface area contributed by atoms with Gasteiger partial charge in [-0.05, 0) is 69.2 Å². The van der Waals surface area contributed by atoms with Crippen LogP contribution in [0.3, 0.4) is 0 Å². The van der Waals surface area contributed by atoms with E-state index in [1.165, 1.54) is 29.2 Å². The van der Waals surface area contributed by atoms with Gasteiger partial charge in [0.25, 0.3) is 10.0 Å². The maximum atomic E-state index is 14.0.